The molecule has 2 heterocycles. The zero-order valence-electron chi connectivity index (χ0n) is 16.3. The van der Waals surface area contributed by atoms with Crippen molar-refractivity contribution < 1.29 is 14.3 Å². The maximum atomic E-state index is 12.3. The molecule has 0 aliphatic carbocycles. The normalized spacial score (nSPS) is 21.5. The molecule has 0 spiro atoms. The lowest BCUT2D eigenvalue weighted by Crippen LogP contribution is -2.44. The van der Waals surface area contributed by atoms with Crippen molar-refractivity contribution in [2.75, 3.05) is 29.9 Å². The maximum absolute atomic E-state index is 12.3. The second-order valence-corrected chi connectivity index (χ2v) is 9.00. The van der Waals surface area contributed by atoms with Crippen LogP contribution in [0.5, 0.6) is 0 Å². The average molecular weight is 392 g/mol. The summed E-state index contributed by atoms with van der Waals surface area (Å²) < 4.78 is 5.45. The van der Waals surface area contributed by atoms with E-state index in [0.717, 1.165) is 24.2 Å². The molecular weight excluding hydrogens is 362 g/mol. The fourth-order valence-corrected chi connectivity index (χ4v) is 3.82. The summed E-state index contributed by atoms with van der Waals surface area (Å²) >= 11 is 4.45. The van der Waals surface area contributed by atoms with Crippen LogP contribution in [0.2, 0.25) is 0 Å². The molecule has 0 aromatic heterocycles. The number of carbonyl (C=O) groups is 2. The van der Waals surface area contributed by atoms with Gasteiger partial charge in [-0.25, -0.2) is 4.79 Å². The lowest BCUT2D eigenvalue weighted by molar-refractivity contribution is -0.117. The highest BCUT2D eigenvalue weighted by Gasteiger charge is 2.31. The molecule has 2 fully saturated rings. The van der Waals surface area contributed by atoms with Crippen LogP contribution in [0, 0.1) is 0 Å². The van der Waals surface area contributed by atoms with Crippen LogP contribution in [-0.2, 0) is 9.53 Å². The number of nitrogens with zero attached hydrogens (tertiary/aromatic N) is 2. The molecule has 1 N–H and O–H groups in total. The molecule has 0 bridgehead atoms. The topological polar surface area (TPSA) is 61.9 Å². The molecule has 1 atom stereocenters. The first-order valence-electron chi connectivity index (χ1n) is 9.55. The highest BCUT2D eigenvalue weighted by Crippen LogP contribution is 2.32. The highest BCUT2D eigenvalue weighted by molar-refractivity contribution is 7.81. The summed E-state index contributed by atoms with van der Waals surface area (Å²) in [6.45, 7) is 7.60. The fraction of sp³-hybridized carbons (Fsp3) is 0.600. The SMILES string of the molecule is CC(C)(C)OC(=O)N1CCC(Nc2ccccc2N2CC(S)CC2=O)CC1. The van der Waals surface area contributed by atoms with E-state index in [1.54, 1.807) is 4.90 Å². The Labute approximate surface area is 166 Å². The van der Waals surface area contributed by atoms with E-state index in [1.807, 2.05) is 49.9 Å². The Balaban J connectivity index is 1.60. The molecule has 3 rings (SSSR count). The number of likely N-dealkylation sites (tertiary alicyclic amines) is 1. The molecule has 1 aromatic rings. The molecule has 1 unspecified atom stereocenters. The van der Waals surface area contributed by atoms with Gasteiger partial charge in [0.1, 0.15) is 5.60 Å². The Morgan fingerprint density at radius 3 is 2.48 bits per heavy atom. The molecule has 0 radical (unpaired) electrons. The number of ether oxygens (including phenoxy) is 1. The first-order chi connectivity index (χ1) is 12.7. The van der Waals surface area contributed by atoms with Crippen LogP contribution in [-0.4, -0.2) is 53.4 Å². The molecule has 6 nitrogen and oxygen atoms in total. The van der Waals surface area contributed by atoms with Crippen molar-refractivity contribution in [3.63, 3.8) is 0 Å². The number of hydrogen-bond donors (Lipinski definition) is 2. The molecule has 1 aromatic carbocycles. The predicted octanol–water partition coefficient (Wildman–Crippen LogP) is 3.53. The number of carbonyl (C=O) groups excluding carboxylic acids is 2. The van der Waals surface area contributed by atoms with Crippen LogP contribution < -0.4 is 10.2 Å². The van der Waals surface area contributed by atoms with Crippen LogP contribution in [0.4, 0.5) is 16.2 Å². The molecule has 7 heteroatoms. The summed E-state index contributed by atoms with van der Waals surface area (Å²) in [5.74, 6) is 0.115. The van der Waals surface area contributed by atoms with Crippen molar-refractivity contribution in [1.29, 1.82) is 0 Å². The minimum Gasteiger partial charge on any atom is -0.444 e. The lowest BCUT2D eigenvalue weighted by atomic mass is 10.0. The van der Waals surface area contributed by atoms with Crippen molar-refractivity contribution >= 4 is 36.0 Å². The van der Waals surface area contributed by atoms with Gasteiger partial charge >= 0.3 is 6.09 Å². The molecule has 2 amide bonds. The minimum absolute atomic E-state index is 0.0858. The van der Waals surface area contributed by atoms with Crippen molar-refractivity contribution in [3.8, 4) is 0 Å². The second-order valence-electron chi connectivity index (χ2n) is 8.27. The second kappa shape index (κ2) is 8.00. The van der Waals surface area contributed by atoms with Gasteiger partial charge in [0.05, 0.1) is 11.4 Å². The molecule has 2 aliphatic rings. The van der Waals surface area contributed by atoms with Crippen LogP contribution in [0.1, 0.15) is 40.0 Å². The van der Waals surface area contributed by atoms with E-state index in [0.29, 0.717) is 26.1 Å². The molecule has 148 valence electrons. The van der Waals surface area contributed by atoms with Gasteiger partial charge in [-0.05, 0) is 45.7 Å². The van der Waals surface area contributed by atoms with Gasteiger partial charge in [-0.15, -0.1) is 0 Å². The summed E-state index contributed by atoms with van der Waals surface area (Å²) in [7, 11) is 0. The van der Waals surface area contributed by atoms with Gasteiger partial charge in [0.2, 0.25) is 5.91 Å². The number of piperidine rings is 1. The van der Waals surface area contributed by atoms with Crippen molar-refractivity contribution in [1.82, 2.24) is 4.90 Å². The number of amides is 2. The van der Waals surface area contributed by atoms with Crippen molar-refractivity contribution in [2.24, 2.45) is 0 Å². The Hall–Kier alpha value is -1.89. The van der Waals surface area contributed by atoms with Crippen LogP contribution in [0.25, 0.3) is 0 Å². The summed E-state index contributed by atoms with van der Waals surface area (Å²) in [6, 6.07) is 8.16. The van der Waals surface area contributed by atoms with Gasteiger partial charge in [0, 0.05) is 37.3 Å². The number of hydrogen-bond acceptors (Lipinski definition) is 5. The first kappa shape index (κ1) is 19.9. The van der Waals surface area contributed by atoms with E-state index in [-0.39, 0.29) is 23.3 Å². The molecule has 0 saturated carbocycles. The summed E-state index contributed by atoms with van der Waals surface area (Å²) in [5, 5.41) is 3.66. The molecular formula is C20H29N3O3S. The maximum Gasteiger partial charge on any atom is 0.410 e. The van der Waals surface area contributed by atoms with E-state index in [2.05, 4.69) is 17.9 Å². The number of thiol groups is 1. The first-order valence-corrected chi connectivity index (χ1v) is 10.1. The minimum atomic E-state index is -0.474. The van der Waals surface area contributed by atoms with Crippen molar-refractivity contribution in [2.45, 2.75) is 56.9 Å². The summed E-state index contributed by atoms with van der Waals surface area (Å²) in [5.41, 5.74) is 1.40. The third-order valence-corrected chi connectivity index (χ3v) is 5.15. The fourth-order valence-electron chi connectivity index (χ4n) is 3.51. The zero-order chi connectivity index (χ0) is 19.6. The van der Waals surface area contributed by atoms with E-state index < -0.39 is 5.60 Å². The molecule has 2 aliphatic heterocycles. The summed E-state index contributed by atoms with van der Waals surface area (Å²) in [4.78, 5) is 28.0. The van der Waals surface area contributed by atoms with Gasteiger partial charge in [0.25, 0.3) is 0 Å². The van der Waals surface area contributed by atoms with E-state index >= 15 is 0 Å². The van der Waals surface area contributed by atoms with Gasteiger partial charge < -0.3 is 19.9 Å². The standard InChI is InChI=1S/C20H29N3O3S/c1-20(2,3)26-19(25)22-10-8-14(9-11-22)21-16-6-4-5-7-17(16)23-13-15(27)12-18(23)24/h4-7,14-15,21,27H,8-13H2,1-3H3. The number of anilines is 2. The molecule has 27 heavy (non-hydrogen) atoms. The Bertz CT molecular complexity index is 696. The number of para-hydroxylation sites is 2. The van der Waals surface area contributed by atoms with E-state index in [4.69, 9.17) is 4.74 Å². The smallest absolute Gasteiger partial charge is 0.410 e. The van der Waals surface area contributed by atoms with Gasteiger partial charge in [-0.1, -0.05) is 12.1 Å². The Kier molecular flexibility index (Phi) is 5.89. The van der Waals surface area contributed by atoms with Gasteiger partial charge in [-0.2, -0.15) is 12.6 Å². The van der Waals surface area contributed by atoms with Crippen LogP contribution >= 0.6 is 12.6 Å². The number of benzene rings is 1. The van der Waals surface area contributed by atoms with Gasteiger partial charge in [-0.3, -0.25) is 4.79 Å². The monoisotopic (exact) mass is 391 g/mol. The van der Waals surface area contributed by atoms with E-state index in [1.165, 1.54) is 0 Å². The average Bonchev–Trinajstić information content (AvgIpc) is 2.93. The van der Waals surface area contributed by atoms with Crippen LogP contribution in [0.3, 0.4) is 0 Å². The highest BCUT2D eigenvalue weighted by atomic mass is 32.1. The Morgan fingerprint density at radius 2 is 1.89 bits per heavy atom. The third-order valence-electron chi connectivity index (χ3n) is 4.81. The zero-order valence-corrected chi connectivity index (χ0v) is 17.2. The third kappa shape index (κ3) is 5.09. The quantitative estimate of drug-likeness (QED) is 0.774. The van der Waals surface area contributed by atoms with Crippen LogP contribution in [0.15, 0.2) is 24.3 Å². The Morgan fingerprint density at radius 1 is 1.22 bits per heavy atom. The molecule has 2 saturated heterocycles. The summed E-state index contributed by atoms with van der Waals surface area (Å²) in [6.07, 6.45) is 1.92. The number of rotatable bonds is 3. The van der Waals surface area contributed by atoms with Crippen molar-refractivity contribution in [3.05, 3.63) is 24.3 Å². The predicted molar refractivity (Wildman–Crippen MR) is 111 cm³/mol. The lowest BCUT2D eigenvalue weighted by Gasteiger charge is -2.34. The largest absolute Gasteiger partial charge is 0.444 e. The number of nitrogens with one attached hydrogen (secondary N) is 1. The van der Waals surface area contributed by atoms with E-state index in [9.17, 15) is 9.59 Å². The van der Waals surface area contributed by atoms with Gasteiger partial charge in [0.15, 0.2) is 0 Å².